The summed E-state index contributed by atoms with van der Waals surface area (Å²) in [5.74, 6) is 0.157. The van der Waals surface area contributed by atoms with Crippen LogP contribution in [-0.4, -0.2) is 25.3 Å². The van der Waals surface area contributed by atoms with Gasteiger partial charge in [0.1, 0.15) is 11.5 Å². The van der Waals surface area contributed by atoms with E-state index in [9.17, 15) is 9.90 Å². The Labute approximate surface area is 93.8 Å². The van der Waals surface area contributed by atoms with Gasteiger partial charge in [-0.2, -0.15) is 0 Å². The van der Waals surface area contributed by atoms with Gasteiger partial charge in [-0.3, -0.25) is 4.79 Å². The number of hydrogen-bond donors (Lipinski definition) is 2. The average molecular weight is 225 g/mol. The Kier molecular flexibility index (Phi) is 4.13. The highest BCUT2D eigenvalue weighted by Gasteiger charge is 2.16. The molecular formula is C11H15NO4. The zero-order valence-electron chi connectivity index (χ0n) is 9.27. The fourth-order valence-corrected chi connectivity index (χ4v) is 1.38. The lowest BCUT2D eigenvalue weighted by atomic mass is 10.0. The van der Waals surface area contributed by atoms with Crippen molar-refractivity contribution in [3.8, 4) is 11.5 Å². The van der Waals surface area contributed by atoms with Crippen molar-refractivity contribution in [3.63, 3.8) is 0 Å². The molecule has 1 rings (SSSR count). The fourth-order valence-electron chi connectivity index (χ4n) is 1.38. The zero-order valence-corrected chi connectivity index (χ0v) is 9.27. The van der Waals surface area contributed by atoms with E-state index in [4.69, 9.17) is 10.5 Å². The summed E-state index contributed by atoms with van der Waals surface area (Å²) < 4.78 is 9.60. The van der Waals surface area contributed by atoms with Gasteiger partial charge in [-0.05, 0) is 6.07 Å². The van der Waals surface area contributed by atoms with E-state index in [2.05, 4.69) is 4.74 Å². The number of rotatable bonds is 4. The maximum Gasteiger partial charge on any atom is 0.307 e. The van der Waals surface area contributed by atoms with Crippen LogP contribution in [-0.2, 0) is 9.53 Å². The predicted octanol–water partition coefficient (Wildman–Crippen LogP) is 0.964. The van der Waals surface area contributed by atoms with Crippen molar-refractivity contribution in [2.24, 2.45) is 5.73 Å². The van der Waals surface area contributed by atoms with Crippen LogP contribution in [0.25, 0.3) is 0 Å². The molecule has 1 aromatic carbocycles. The van der Waals surface area contributed by atoms with Gasteiger partial charge >= 0.3 is 5.97 Å². The van der Waals surface area contributed by atoms with Crippen LogP contribution in [0.1, 0.15) is 18.0 Å². The third kappa shape index (κ3) is 2.87. The van der Waals surface area contributed by atoms with Gasteiger partial charge in [-0.15, -0.1) is 0 Å². The Morgan fingerprint density at radius 2 is 2.19 bits per heavy atom. The number of phenolic OH excluding ortho intramolecular Hbond substituents is 1. The Balaban J connectivity index is 2.90. The molecule has 5 heteroatoms. The average Bonchev–Trinajstić information content (AvgIpc) is 2.28. The van der Waals surface area contributed by atoms with Crippen LogP contribution in [0.4, 0.5) is 0 Å². The van der Waals surface area contributed by atoms with Gasteiger partial charge < -0.3 is 20.3 Å². The van der Waals surface area contributed by atoms with E-state index in [1.807, 2.05) is 0 Å². The van der Waals surface area contributed by atoms with Crippen molar-refractivity contribution in [3.05, 3.63) is 23.8 Å². The number of nitrogens with two attached hydrogens (primary N) is 1. The molecular weight excluding hydrogens is 210 g/mol. The summed E-state index contributed by atoms with van der Waals surface area (Å²) in [6.07, 6.45) is 0.0671. The minimum atomic E-state index is -0.511. The van der Waals surface area contributed by atoms with Gasteiger partial charge in [0.25, 0.3) is 0 Å². The molecule has 16 heavy (non-hydrogen) atoms. The first-order valence-electron chi connectivity index (χ1n) is 4.77. The number of carbonyl (C=O) groups excluding carboxylic acids is 1. The maximum atomic E-state index is 11.1. The van der Waals surface area contributed by atoms with Crippen LogP contribution in [0.5, 0.6) is 11.5 Å². The molecule has 5 nitrogen and oxygen atoms in total. The highest BCUT2D eigenvalue weighted by molar-refractivity contribution is 5.70. The standard InChI is InChI=1S/C11H15NO4/c1-15-10-5-7(13)3-4-8(10)9(12)6-11(14)16-2/h3-5,9,13H,6,12H2,1-2H3/t9-/m0/s1. The first-order valence-corrected chi connectivity index (χ1v) is 4.77. The SMILES string of the molecule is COC(=O)C[C@H](N)c1ccc(O)cc1OC. The van der Waals surface area contributed by atoms with E-state index in [0.717, 1.165) is 0 Å². The van der Waals surface area contributed by atoms with Gasteiger partial charge in [0.2, 0.25) is 0 Å². The summed E-state index contributed by atoms with van der Waals surface area (Å²) in [7, 11) is 2.78. The lowest BCUT2D eigenvalue weighted by Crippen LogP contribution is -2.17. The highest BCUT2D eigenvalue weighted by Crippen LogP contribution is 2.29. The number of esters is 1. The Morgan fingerprint density at radius 1 is 1.50 bits per heavy atom. The predicted molar refractivity (Wildman–Crippen MR) is 58.2 cm³/mol. The minimum absolute atomic E-state index is 0.0671. The Hall–Kier alpha value is -1.75. The maximum absolute atomic E-state index is 11.1. The molecule has 1 aromatic rings. The largest absolute Gasteiger partial charge is 0.508 e. The topological polar surface area (TPSA) is 81.8 Å². The molecule has 0 saturated heterocycles. The molecule has 0 spiro atoms. The van der Waals surface area contributed by atoms with Gasteiger partial charge in [0.15, 0.2) is 0 Å². The zero-order chi connectivity index (χ0) is 12.1. The molecule has 1 atom stereocenters. The second-order valence-corrected chi connectivity index (χ2v) is 3.31. The molecule has 0 heterocycles. The molecule has 3 N–H and O–H groups in total. The molecule has 0 bridgehead atoms. The van der Waals surface area contributed by atoms with Crippen LogP contribution in [0, 0.1) is 0 Å². The molecule has 0 unspecified atom stereocenters. The number of ether oxygens (including phenoxy) is 2. The number of phenols is 1. The van der Waals surface area contributed by atoms with Crippen molar-refractivity contribution in [2.75, 3.05) is 14.2 Å². The first kappa shape index (κ1) is 12.3. The summed E-state index contributed by atoms with van der Waals surface area (Å²) in [4.78, 5) is 11.1. The number of methoxy groups -OCH3 is 2. The highest BCUT2D eigenvalue weighted by atomic mass is 16.5. The van der Waals surface area contributed by atoms with Gasteiger partial charge in [0.05, 0.1) is 20.6 Å². The molecule has 0 radical (unpaired) electrons. The number of hydrogen-bond acceptors (Lipinski definition) is 5. The van der Waals surface area contributed by atoms with Crippen LogP contribution in [0.15, 0.2) is 18.2 Å². The molecule has 88 valence electrons. The van der Waals surface area contributed by atoms with Crippen LogP contribution in [0.3, 0.4) is 0 Å². The third-order valence-corrected chi connectivity index (χ3v) is 2.23. The second-order valence-electron chi connectivity index (χ2n) is 3.31. The van der Waals surface area contributed by atoms with Crippen LogP contribution >= 0.6 is 0 Å². The lowest BCUT2D eigenvalue weighted by Gasteiger charge is -2.14. The lowest BCUT2D eigenvalue weighted by molar-refractivity contribution is -0.141. The molecule has 0 saturated carbocycles. The quantitative estimate of drug-likeness (QED) is 0.746. The van der Waals surface area contributed by atoms with Gasteiger partial charge in [-0.25, -0.2) is 0 Å². The van der Waals surface area contributed by atoms with E-state index in [-0.39, 0.29) is 18.1 Å². The number of carbonyl (C=O) groups is 1. The number of benzene rings is 1. The fraction of sp³-hybridized carbons (Fsp3) is 0.364. The normalized spacial score (nSPS) is 11.9. The summed E-state index contributed by atoms with van der Waals surface area (Å²) in [6, 6.07) is 4.06. The number of aromatic hydroxyl groups is 1. The summed E-state index contributed by atoms with van der Waals surface area (Å²) >= 11 is 0. The van der Waals surface area contributed by atoms with E-state index in [1.54, 1.807) is 6.07 Å². The van der Waals surface area contributed by atoms with Crippen molar-refractivity contribution in [2.45, 2.75) is 12.5 Å². The van der Waals surface area contributed by atoms with Crippen molar-refractivity contribution in [1.29, 1.82) is 0 Å². The summed E-state index contributed by atoms with van der Waals surface area (Å²) in [5, 5.41) is 9.27. The third-order valence-electron chi connectivity index (χ3n) is 2.23. The Morgan fingerprint density at radius 3 is 2.75 bits per heavy atom. The van der Waals surface area contributed by atoms with Gasteiger partial charge in [-0.1, -0.05) is 6.07 Å². The van der Waals surface area contributed by atoms with Crippen molar-refractivity contribution in [1.82, 2.24) is 0 Å². The molecule has 0 fully saturated rings. The van der Waals surface area contributed by atoms with Gasteiger partial charge in [0, 0.05) is 17.7 Å². The molecule has 0 aliphatic carbocycles. The van der Waals surface area contributed by atoms with Crippen molar-refractivity contribution >= 4 is 5.97 Å². The molecule has 0 aliphatic heterocycles. The van der Waals surface area contributed by atoms with Crippen LogP contribution < -0.4 is 10.5 Å². The smallest absolute Gasteiger partial charge is 0.307 e. The second kappa shape index (κ2) is 5.37. The summed E-state index contributed by atoms with van der Waals surface area (Å²) in [6.45, 7) is 0. The van der Waals surface area contributed by atoms with E-state index >= 15 is 0 Å². The monoisotopic (exact) mass is 225 g/mol. The molecule has 0 aliphatic rings. The molecule has 0 amide bonds. The van der Waals surface area contributed by atoms with E-state index in [1.165, 1.54) is 26.4 Å². The van der Waals surface area contributed by atoms with E-state index < -0.39 is 6.04 Å². The molecule has 0 aromatic heterocycles. The van der Waals surface area contributed by atoms with E-state index in [0.29, 0.717) is 11.3 Å². The Bertz CT molecular complexity index is 378. The van der Waals surface area contributed by atoms with Crippen molar-refractivity contribution < 1.29 is 19.4 Å². The minimum Gasteiger partial charge on any atom is -0.508 e. The van der Waals surface area contributed by atoms with Crippen LogP contribution in [0.2, 0.25) is 0 Å². The summed E-state index contributed by atoms with van der Waals surface area (Å²) in [5.41, 5.74) is 6.49. The first-order chi connectivity index (χ1) is 7.58.